The molecule has 1 aromatic rings. The van der Waals surface area contributed by atoms with E-state index in [1.807, 2.05) is 0 Å². The summed E-state index contributed by atoms with van der Waals surface area (Å²) >= 11 is 0. The zero-order valence-electron chi connectivity index (χ0n) is 12.4. The smallest absolute Gasteiger partial charge is 0.339 e. The molecule has 1 aliphatic rings. The molecule has 0 bridgehead atoms. The number of nitrogens with zero attached hydrogens (tertiary/aromatic N) is 2. The normalized spacial score (nSPS) is 19.7. The molecule has 0 unspecified atom stereocenters. The molecule has 1 amide bonds. The summed E-state index contributed by atoms with van der Waals surface area (Å²) in [6, 6.07) is -0.819. The van der Waals surface area contributed by atoms with Crippen molar-refractivity contribution in [1.29, 1.82) is 0 Å². The van der Waals surface area contributed by atoms with Gasteiger partial charge in [0.1, 0.15) is 5.67 Å². The Labute approximate surface area is 121 Å². The maximum atomic E-state index is 14.5. The van der Waals surface area contributed by atoms with Crippen molar-refractivity contribution in [2.45, 2.75) is 64.0 Å². The van der Waals surface area contributed by atoms with Gasteiger partial charge in [-0.05, 0) is 33.6 Å². The molecule has 0 atom stereocenters. The Balaban J connectivity index is 2.48. The maximum absolute atomic E-state index is 14.5. The number of amides is 1. The summed E-state index contributed by atoms with van der Waals surface area (Å²) in [6.07, 6.45) is -0.164. The molecule has 1 aliphatic carbocycles. The molecular formula is C14H20F3N3O. The van der Waals surface area contributed by atoms with Gasteiger partial charge in [-0.25, -0.2) is 18.0 Å². The van der Waals surface area contributed by atoms with Crippen molar-refractivity contribution < 1.29 is 18.0 Å². The molecule has 1 saturated carbocycles. The van der Waals surface area contributed by atoms with Crippen LogP contribution in [0.15, 0.2) is 0 Å². The van der Waals surface area contributed by atoms with Crippen molar-refractivity contribution in [2.24, 2.45) is 5.73 Å². The van der Waals surface area contributed by atoms with E-state index in [2.05, 4.69) is 5.10 Å². The summed E-state index contributed by atoms with van der Waals surface area (Å²) in [5, 5.41) is 4.00. The first-order valence-corrected chi connectivity index (χ1v) is 6.99. The first kappa shape index (κ1) is 15.9. The Morgan fingerprint density at radius 1 is 1.38 bits per heavy atom. The lowest BCUT2D eigenvalue weighted by Gasteiger charge is -2.30. The van der Waals surface area contributed by atoms with Crippen LogP contribution in [0.4, 0.5) is 18.0 Å². The highest BCUT2D eigenvalue weighted by Crippen LogP contribution is 2.44. The Morgan fingerprint density at radius 2 is 1.90 bits per heavy atom. The van der Waals surface area contributed by atoms with E-state index in [1.165, 1.54) is 13.8 Å². The van der Waals surface area contributed by atoms with Crippen molar-refractivity contribution in [3.63, 3.8) is 0 Å². The first-order valence-electron chi connectivity index (χ1n) is 6.99. The maximum Gasteiger partial charge on any atom is 0.339 e. The third-order valence-electron chi connectivity index (χ3n) is 4.00. The fraction of sp³-hybridized carbons (Fsp3) is 0.714. The van der Waals surface area contributed by atoms with Crippen LogP contribution >= 0.6 is 0 Å². The van der Waals surface area contributed by atoms with Gasteiger partial charge in [-0.1, -0.05) is 0 Å². The molecule has 118 valence electrons. The van der Waals surface area contributed by atoms with E-state index in [9.17, 15) is 18.0 Å². The minimum Gasteiger partial charge on any atom is -0.350 e. The molecular weight excluding hydrogens is 283 g/mol. The van der Waals surface area contributed by atoms with Crippen LogP contribution < -0.4 is 5.73 Å². The molecule has 0 saturated heterocycles. The third-order valence-corrected chi connectivity index (χ3v) is 4.00. The van der Waals surface area contributed by atoms with Gasteiger partial charge in [-0.2, -0.15) is 9.78 Å². The number of rotatable bonds is 2. The van der Waals surface area contributed by atoms with E-state index in [4.69, 9.17) is 5.73 Å². The first-order chi connectivity index (χ1) is 9.53. The Morgan fingerprint density at radius 3 is 2.33 bits per heavy atom. The molecule has 4 nitrogen and oxygen atoms in total. The predicted molar refractivity (Wildman–Crippen MR) is 72.2 cm³/mol. The summed E-state index contributed by atoms with van der Waals surface area (Å²) in [6.45, 7) is 4.32. The average Bonchev–Trinajstić information content (AvgIpc) is 2.66. The minimum atomic E-state index is -2.69. The second-order valence-electron chi connectivity index (χ2n) is 6.20. The van der Waals surface area contributed by atoms with E-state index < -0.39 is 17.6 Å². The second kappa shape index (κ2) is 5.03. The number of nitrogens with two attached hydrogens (primary N) is 1. The van der Waals surface area contributed by atoms with Crippen LogP contribution in [-0.2, 0) is 5.67 Å². The lowest BCUT2D eigenvalue weighted by Crippen LogP contribution is -2.30. The largest absolute Gasteiger partial charge is 0.350 e. The fourth-order valence-corrected chi connectivity index (χ4v) is 3.14. The number of carbonyl (C=O) groups excluding carboxylic acids is 1. The van der Waals surface area contributed by atoms with E-state index in [0.717, 1.165) is 4.68 Å². The van der Waals surface area contributed by atoms with Crippen LogP contribution in [0.5, 0.6) is 0 Å². The van der Waals surface area contributed by atoms with Gasteiger partial charge < -0.3 is 5.73 Å². The minimum absolute atomic E-state index is 0.189. The fourth-order valence-electron chi connectivity index (χ4n) is 3.14. The van der Waals surface area contributed by atoms with Crippen LogP contribution in [0.25, 0.3) is 0 Å². The summed E-state index contributed by atoms with van der Waals surface area (Å²) < 4.78 is 42.1. The molecule has 0 aliphatic heterocycles. The molecule has 1 aromatic heterocycles. The predicted octanol–water partition coefficient (Wildman–Crippen LogP) is 3.62. The average molecular weight is 303 g/mol. The van der Waals surface area contributed by atoms with Gasteiger partial charge in [-0.3, -0.25) is 0 Å². The number of carbonyl (C=O) groups is 1. The van der Waals surface area contributed by atoms with Crippen LogP contribution in [-0.4, -0.2) is 21.7 Å². The van der Waals surface area contributed by atoms with Crippen molar-refractivity contribution >= 4 is 6.03 Å². The highest BCUT2D eigenvalue weighted by atomic mass is 19.3. The van der Waals surface area contributed by atoms with Crippen molar-refractivity contribution in [3.05, 3.63) is 17.0 Å². The number of hydrogen-bond donors (Lipinski definition) is 1. The highest BCUT2D eigenvalue weighted by Gasteiger charge is 2.40. The lowest BCUT2D eigenvalue weighted by atomic mass is 9.81. The van der Waals surface area contributed by atoms with Gasteiger partial charge in [0.15, 0.2) is 0 Å². The van der Waals surface area contributed by atoms with Crippen molar-refractivity contribution in [3.8, 4) is 0 Å². The molecule has 1 heterocycles. The number of aryl methyl sites for hydroxylation is 1. The highest BCUT2D eigenvalue weighted by molar-refractivity contribution is 5.75. The summed E-state index contributed by atoms with van der Waals surface area (Å²) in [5.74, 6) is -3.02. The monoisotopic (exact) mass is 303 g/mol. The van der Waals surface area contributed by atoms with Gasteiger partial charge in [0, 0.05) is 24.3 Å². The van der Waals surface area contributed by atoms with Crippen LogP contribution in [0.3, 0.4) is 0 Å². The Hall–Kier alpha value is -1.53. The SMILES string of the molecule is Cc1nn(C(N)=O)c(C2CCC(F)(F)CC2)c1C(C)(C)F. The third kappa shape index (κ3) is 3.06. The molecule has 0 radical (unpaired) electrons. The number of aromatic nitrogens is 2. The van der Waals surface area contributed by atoms with Gasteiger partial charge in [0.05, 0.1) is 11.4 Å². The van der Waals surface area contributed by atoms with Gasteiger partial charge in [0.2, 0.25) is 5.92 Å². The zero-order chi connectivity index (χ0) is 16.0. The number of hydrogen-bond acceptors (Lipinski definition) is 2. The Bertz CT molecular complexity index is 551. The number of primary amides is 1. The van der Waals surface area contributed by atoms with E-state index in [-0.39, 0.29) is 37.2 Å². The molecule has 21 heavy (non-hydrogen) atoms. The number of alkyl halides is 3. The molecule has 0 aromatic carbocycles. The van der Waals surface area contributed by atoms with Crippen LogP contribution in [0, 0.1) is 6.92 Å². The van der Waals surface area contributed by atoms with Crippen LogP contribution in [0.1, 0.15) is 62.4 Å². The van der Waals surface area contributed by atoms with E-state index in [1.54, 1.807) is 6.92 Å². The zero-order valence-corrected chi connectivity index (χ0v) is 12.4. The molecule has 1 fully saturated rings. The lowest BCUT2D eigenvalue weighted by molar-refractivity contribution is -0.0387. The van der Waals surface area contributed by atoms with Gasteiger partial charge >= 0.3 is 6.03 Å². The summed E-state index contributed by atoms with van der Waals surface area (Å²) in [5.41, 5.74) is 4.58. The topological polar surface area (TPSA) is 60.9 Å². The molecule has 7 heteroatoms. The van der Waals surface area contributed by atoms with E-state index >= 15 is 0 Å². The summed E-state index contributed by atoms with van der Waals surface area (Å²) in [7, 11) is 0. The number of halogens is 3. The van der Waals surface area contributed by atoms with Crippen molar-refractivity contribution in [2.75, 3.05) is 0 Å². The van der Waals surface area contributed by atoms with E-state index in [0.29, 0.717) is 11.4 Å². The van der Waals surface area contributed by atoms with Gasteiger partial charge in [-0.15, -0.1) is 0 Å². The molecule has 0 spiro atoms. The molecule has 2 N–H and O–H groups in total. The van der Waals surface area contributed by atoms with Crippen molar-refractivity contribution in [1.82, 2.24) is 9.78 Å². The quantitative estimate of drug-likeness (QED) is 0.907. The summed E-state index contributed by atoms with van der Waals surface area (Å²) in [4.78, 5) is 11.5. The second-order valence-corrected chi connectivity index (χ2v) is 6.20. The standard InChI is InChI=1S/C14H20F3N3O/c1-8-10(13(2,3)15)11(20(19-8)12(18)21)9-4-6-14(16,17)7-5-9/h9H,4-7H2,1-3H3,(H2,18,21). The van der Waals surface area contributed by atoms with Gasteiger partial charge in [0.25, 0.3) is 0 Å². The Kier molecular flexibility index (Phi) is 3.80. The van der Waals surface area contributed by atoms with Crippen LogP contribution in [0.2, 0.25) is 0 Å². The molecule has 2 rings (SSSR count).